The van der Waals surface area contributed by atoms with E-state index < -0.39 is 277 Å². The quantitative estimate of drug-likeness (QED) is 0.0455. The molecule has 12 rings (SSSR count). The van der Waals surface area contributed by atoms with Crippen LogP contribution in [0.5, 0.6) is 23.0 Å². The summed E-state index contributed by atoms with van der Waals surface area (Å²) < 4.78 is 68.3. The summed E-state index contributed by atoms with van der Waals surface area (Å²) in [5.74, 6) is -11.9. The fourth-order valence-electron chi connectivity index (χ4n) is 18.1. The number of benzene rings is 2. The third-order valence-corrected chi connectivity index (χ3v) is 22.4. The van der Waals surface area contributed by atoms with E-state index in [1.54, 1.807) is 79.5 Å². The average molecular weight is 1380 g/mol. The topological polar surface area (TPSA) is 444 Å². The summed E-state index contributed by atoms with van der Waals surface area (Å²) in [6.07, 6.45) is -22.2. The highest BCUT2D eigenvalue weighted by molar-refractivity contribution is 6.25. The summed E-state index contributed by atoms with van der Waals surface area (Å²) in [5, 5.41) is 123. The molecule has 3 unspecified atom stereocenters. The number of hydrogen-bond donors (Lipinski definition) is 13. The number of aromatic hydroxyl groups is 4. The van der Waals surface area contributed by atoms with E-state index in [2.05, 4.69) is 10.5 Å². The van der Waals surface area contributed by atoms with Gasteiger partial charge in [0.15, 0.2) is 48.3 Å². The standard InChI is InChI=1S/C68H90N6O24/c1-13-67(97-37-21-33(89-11)57(81)25(5)93-37)51(63(87)45-43-47(61(85)41-29(77)17-15-27(75)39(41)59(43)83)53(71-69)49(45)65(67)95-35-19-31(79)55(73(7)8)23(3)91-35)52-64(88)46-44-48(62(86)42-30(78)18-16-28(76)40(42)60(44)84)54(72-70)50(46)66(96-36-20-32(80)56(74(9)10)24(4)92-36)68(52,14-2)98-38-22-34(90-12)58(82)26(6)94-38/h15-17,23-26,31-38,40,48-49,51-52,55-58,65-66,69,72,75-77,79-83,85-86H,13-14,18-22,70H2,1-12H3/t23-,24-,25-,26-,31-,32-,33-,34-,35+,36+,37-,38-,40?,48?,49?,51-,52-,55-,56-,57-,58-,65+,66+,67-,68-/m0/s1. The molecule has 0 spiro atoms. The van der Waals surface area contributed by atoms with Crippen LogP contribution in [0.4, 0.5) is 0 Å². The van der Waals surface area contributed by atoms with Gasteiger partial charge >= 0.3 is 0 Å². The first kappa shape index (κ1) is 71.4. The number of Topliss-reactive ketones (excluding diaryl/α,β-unsaturated/α-hetero) is 4. The van der Waals surface area contributed by atoms with E-state index in [4.69, 9.17) is 58.7 Å². The minimum atomic E-state index is -2.54. The van der Waals surface area contributed by atoms with E-state index in [9.17, 15) is 55.9 Å². The van der Waals surface area contributed by atoms with Crippen molar-refractivity contribution in [3.05, 3.63) is 68.2 Å². The molecule has 536 valence electrons. The SMILES string of the molecule is CC[C@@]1(O[C@H]2C[C@H](OC)[C@@H](O)[C@H](C)O2)[C@H](O[C@@H]2C[C@H](O)[C@@H](N(C)C)[C@H](C)O2)C2=C(NN)C3C(O)=C4C(=O)CC=C(O)C4C(=O)C3=C2C(=O)[C@@H]1[C@H]1C(=O)C2=c3c(O)c4c(O)ccc(O)c4c(O)c3=C(N=N)C2[C@@H](O[C@@H]2C[C@H](O)[C@@H](N(C)C)[C@H](C)O2)[C@@]1(CC)O[C@H]1C[C@H](OC)[C@@H](O)[C@H](C)O1. The molecule has 30 nitrogen and oxygen atoms in total. The van der Waals surface area contributed by atoms with Gasteiger partial charge in [0.05, 0.1) is 112 Å². The molecule has 2 saturated carbocycles. The average Bonchev–Trinajstić information content (AvgIpc) is 1.37. The number of carbonyl (C=O) groups is 4. The van der Waals surface area contributed by atoms with E-state index in [1.807, 2.05) is 0 Å². The van der Waals surface area contributed by atoms with Gasteiger partial charge in [0.2, 0.25) is 0 Å². The maximum atomic E-state index is 18.0. The molecule has 4 aliphatic heterocycles. The molecule has 30 heteroatoms. The predicted octanol–water partition coefficient (Wildman–Crippen LogP) is 1.02. The zero-order valence-corrected chi connectivity index (χ0v) is 56.6. The van der Waals surface area contributed by atoms with Crippen LogP contribution in [0, 0.1) is 35.1 Å². The minimum absolute atomic E-state index is 0.266. The number of aliphatic hydroxyl groups excluding tert-OH is 6. The van der Waals surface area contributed by atoms with Crippen molar-refractivity contribution in [1.29, 1.82) is 5.53 Å². The van der Waals surface area contributed by atoms with Crippen LogP contribution in [0.15, 0.2) is 62.8 Å². The van der Waals surface area contributed by atoms with E-state index in [-0.39, 0.29) is 37.0 Å². The first-order chi connectivity index (χ1) is 46.4. The van der Waals surface area contributed by atoms with Crippen molar-refractivity contribution in [3.63, 3.8) is 0 Å². The number of phenolic OH excluding ortho intramolecular Hbond substituents is 4. The second kappa shape index (κ2) is 26.5. The van der Waals surface area contributed by atoms with Crippen LogP contribution in [-0.4, -0.2) is 248 Å². The van der Waals surface area contributed by atoms with E-state index >= 15 is 14.4 Å². The third-order valence-electron chi connectivity index (χ3n) is 22.4. The highest BCUT2D eigenvalue weighted by atomic mass is 16.7. The zero-order chi connectivity index (χ0) is 71.1. The number of nitrogens with one attached hydrogen (secondary N) is 2. The van der Waals surface area contributed by atoms with Gasteiger partial charge in [-0.1, -0.05) is 13.8 Å². The highest BCUT2D eigenvalue weighted by Crippen LogP contribution is 2.63. The number of fused-ring (bicyclic) bond motifs is 6. The zero-order valence-electron chi connectivity index (χ0n) is 56.6. The van der Waals surface area contributed by atoms with E-state index in [1.165, 1.54) is 14.2 Å². The molecule has 2 aromatic carbocycles. The van der Waals surface area contributed by atoms with Gasteiger partial charge in [-0.15, -0.1) is 0 Å². The predicted molar refractivity (Wildman–Crippen MR) is 340 cm³/mol. The third kappa shape index (κ3) is 10.8. The molecule has 0 radical (unpaired) electrons. The normalized spacial score (nSPS) is 40.5. The van der Waals surface area contributed by atoms with Gasteiger partial charge in [0.1, 0.15) is 76.1 Å². The molecule has 4 heterocycles. The number of nitrogens with two attached hydrogens (primary N) is 1. The van der Waals surface area contributed by atoms with E-state index in [0.717, 1.165) is 18.2 Å². The van der Waals surface area contributed by atoms with Crippen molar-refractivity contribution >= 4 is 45.2 Å². The lowest BCUT2D eigenvalue weighted by molar-refractivity contribution is -0.350. The van der Waals surface area contributed by atoms with Crippen molar-refractivity contribution in [2.75, 3.05) is 42.4 Å². The summed E-state index contributed by atoms with van der Waals surface area (Å²) in [4.78, 5) is 69.5. The van der Waals surface area contributed by atoms with Crippen LogP contribution >= 0.6 is 0 Å². The number of hydrogen-bond acceptors (Lipinski definition) is 30. The molecule has 0 bridgehead atoms. The largest absolute Gasteiger partial charge is 0.511 e. The molecule has 10 aliphatic rings. The Hall–Kier alpha value is -6.40. The van der Waals surface area contributed by atoms with Crippen molar-refractivity contribution < 1.29 is 118 Å². The second-order valence-corrected chi connectivity index (χ2v) is 27.9. The summed E-state index contributed by atoms with van der Waals surface area (Å²) in [6, 6.07) is 0.813. The maximum Gasteiger partial charge on any atom is 0.176 e. The number of nitrogens with zero attached hydrogens (tertiary/aromatic N) is 3. The number of carbonyl (C=O) groups excluding carboxylic acids is 4. The Kier molecular flexibility index (Phi) is 19.3. The Labute approximate surface area is 563 Å². The molecule has 0 amide bonds. The molecule has 6 fully saturated rings. The molecular formula is C68H90N6O24. The fourth-order valence-corrected chi connectivity index (χ4v) is 18.1. The monoisotopic (exact) mass is 1370 g/mol. The van der Waals surface area contributed by atoms with Crippen LogP contribution in [0.1, 0.15) is 86.5 Å². The molecular weight excluding hydrogens is 1280 g/mol. The number of ketones is 4. The summed E-state index contributed by atoms with van der Waals surface area (Å²) in [5.41, 5.74) is 3.59. The molecule has 4 saturated heterocycles. The first-order valence-corrected chi connectivity index (χ1v) is 33.3. The number of hydrazine groups is 1. The van der Waals surface area contributed by atoms with Crippen molar-refractivity contribution in [3.8, 4) is 23.0 Å². The molecule has 2 aromatic rings. The van der Waals surface area contributed by atoms with Crippen LogP contribution in [-0.2, 0) is 66.5 Å². The number of ether oxygens (including phenoxy) is 10. The smallest absolute Gasteiger partial charge is 0.176 e. The number of aliphatic hydroxyl groups is 6. The van der Waals surface area contributed by atoms with Crippen molar-refractivity contribution in [1.82, 2.24) is 15.2 Å². The molecule has 98 heavy (non-hydrogen) atoms. The fraction of sp³-hybridized carbons (Fsp3) is 0.647. The lowest BCUT2D eigenvalue weighted by Gasteiger charge is -2.60. The number of phenols is 4. The van der Waals surface area contributed by atoms with Gasteiger partial charge in [0, 0.05) is 79.5 Å². The van der Waals surface area contributed by atoms with Crippen LogP contribution in [0.2, 0.25) is 0 Å². The lowest BCUT2D eigenvalue weighted by Crippen LogP contribution is -2.73. The molecule has 6 aliphatic carbocycles. The minimum Gasteiger partial charge on any atom is -0.511 e. The Bertz CT molecular complexity index is 3850. The van der Waals surface area contributed by atoms with Gasteiger partial charge in [0.25, 0.3) is 0 Å². The number of allylic oxidation sites excluding steroid dienone is 2. The number of methoxy groups -OCH3 is 2. The first-order valence-electron chi connectivity index (χ1n) is 33.3. The van der Waals surface area contributed by atoms with Crippen molar-refractivity contribution in [2.24, 2.45) is 40.5 Å². The Morgan fingerprint density at radius 2 is 1.11 bits per heavy atom. The second-order valence-electron chi connectivity index (χ2n) is 27.9. The number of rotatable bonds is 17. The summed E-state index contributed by atoms with van der Waals surface area (Å²) in [7, 11) is 9.68. The van der Waals surface area contributed by atoms with Crippen LogP contribution in [0.25, 0.3) is 22.0 Å². The van der Waals surface area contributed by atoms with Gasteiger partial charge in [-0.2, -0.15) is 5.11 Å². The van der Waals surface area contributed by atoms with Gasteiger partial charge in [-0.3, -0.25) is 25.0 Å². The van der Waals surface area contributed by atoms with E-state index in [0.29, 0.717) is 0 Å². The lowest BCUT2D eigenvalue weighted by atomic mass is 9.52. The summed E-state index contributed by atoms with van der Waals surface area (Å²) >= 11 is 0. The van der Waals surface area contributed by atoms with Gasteiger partial charge in [-0.25, -0.2) is 5.53 Å². The van der Waals surface area contributed by atoms with Crippen molar-refractivity contribution in [2.45, 2.75) is 208 Å². The molecule has 25 atom stereocenters. The van der Waals surface area contributed by atoms with Crippen LogP contribution < -0.4 is 21.7 Å². The van der Waals surface area contributed by atoms with Gasteiger partial charge in [-0.05, 0) is 86.9 Å². The van der Waals surface area contributed by atoms with Crippen LogP contribution in [0.3, 0.4) is 0 Å². The maximum absolute atomic E-state index is 18.0. The van der Waals surface area contributed by atoms with Gasteiger partial charge < -0.3 is 114 Å². The highest BCUT2D eigenvalue weighted by Gasteiger charge is 2.74. The number of likely N-dealkylation sites (N-methyl/N-ethyl adjacent to an activating group) is 2. The summed E-state index contributed by atoms with van der Waals surface area (Å²) in [6.45, 7) is 9.66. The Morgan fingerprint density at radius 3 is 1.59 bits per heavy atom. The Balaban J connectivity index is 1.23. The molecule has 0 aromatic heterocycles. The molecule has 14 N–H and O–H groups in total. The Morgan fingerprint density at radius 1 is 0.622 bits per heavy atom.